The fourth-order valence-electron chi connectivity index (χ4n) is 4.72. The van der Waals surface area contributed by atoms with Crippen molar-refractivity contribution in [2.45, 2.75) is 31.7 Å². The Labute approximate surface area is 189 Å². The van der Waals surface area contributed by atoms with Gasteiger partial charge in [-0.2, -0.15) is 5.10 Å². The largest absolute Gasteiger partial charge is 0.492 e. The van der Waals surface area contributed by atoms with E-state index >= 15 is 0 Å². The highest BCUT2D eigenvalue weighted by atomic mass is 19.3. The van der Waals surface area contributed by atoms with E-state index in [4.69, 9.17) is 9.47 Å². The third-order valence-corrected chi connectivity index (χ3v) is 6.38. The van der Waals surface area contributed by atoms with Crippen LogP contribution in [0, 0.1) is 0 Å². The van der Waals surface area contributed by atoms with Crippen LogP contribution in [0.15, 0.2) is 24.4 Å². The molecule has 5 rings (SSSR count). The number of morpholine rings is 1. The average molecular weight is 457 g/mol. The third kappa shape index (κ3) is 3.68. The standard InChI is InChI=1S/C23H25F2N5O3/c1-13(14-4-3-5-17-15(14)6-7-23(17,24)25)27-22(31)19-18-16(12-26-29-18)20(32-2)21(28-19)30-8-10-33-11-9-30/h3-5,12-13H,6-11H2,1-2H3,(H,26,29)(H,27,31)/t13-/m1/s1. The zero-order valence-electron chi connectivity index (χ0n) is 18.5. The van der Waals surface area contributed by atoms with Crippen LogP contribution in [0.4, 0.5) is 14.6 Å². The number of ether oxygens (including phenoxy) is 2. The van der Waals surface area contributed by atoms with E-state index in [-0.39, 0.29) is 24.1 Å². The minimum atomic E-state index is -2.83. The van der Waals surface area contributed by atoms with Gasteiger partial charge in [0.05, 0.1) is 37.9 Å². The second kappa shape index (κ2) is 8.26. The molecule has 0 radical (unpaired) electrons. The summed E-state index contributed by atoms with van der Waals surface area (Å²) in [4.78, 5) is 20.0. The van der Waals surface area contributed by atoms with Crippen LogP contribution >= 0.6 is 0 Å². The Morgan fingerprint density at radius 1 is 1.33 bits per heavy atom. The fourth-order valence-corrected chi connectivity index (χ4v) is 4.72. The molecule has 174 valence electrons. The van der Waals surface area contributed by atoms with Crippen LogP contribution in [0.2, 0.25) is 0 Å². The quantitative estimate of drug-likeness (QED) is 0.611. The van der Waals surface area contributed by atoms with Crippen LogP contribution in [0.3, 0.4) is 0 Å². The molecular weight excluding hydrogens is 432 g/mol. The first-order valence-electron chi connectivity index (χ1n) is 11.0. The lowest BCUT2D eigenvalue weighted by atomic mass is 9.97. The molecule has 1 aromatic carbocycles. The van der Waals surface area contributed by atoms with Crippen molar-refractivity contribution in [3.05, 3.63) is 46.8 Å². The summed E-state index contributed by atoms with van der Waals surface area (Å²) in [5.74, 6) is -2.17. The number of pyridine rings is 1. The van der Waals surface area contributed by atoms with E-state index in [2.05, 4.69) is 20.5 Å². The van der Waals surface area contributed by atoms with Crippen LogP contribution in [0.5, 0.6) is 5.75 Å². The van der Waals surface area contributed by atoms with Gasteiger partial charge in [0.25, 0.3) is 11.8 Å². The molecule has 2 N–H and O–H groups in total. The van der Waals surface area contributed by atoms with Crippen molar-refractivity contribution in [1.82, 2.24) is 20.5 Å². The molecule has 1 fully saturated rings. The predicted molar refractivity (Wildman–Crippen MR) is 118 cm³/mol. The maximum atomic E-state index is 14.2. The number of amides is 1. The second-order valence-corrected chi connectivity index (χ2v) is 8.35. The van der Waals surface area contributed by atoms with E-state index in [1.54, 1.807) is 32.4 Å². The summed E-state index contributed by atoms with van der Waals surface area (Å²) in [5.41, 5.74) is 1.99. The SMILES string of the molecule is COc1c(N2CCOCC2)nc(C(=O)N[C@H](C)c2cccc3c2CCC3(F)F)c2[nH]ncc12. The van der Waals surface area contributed by atoms with Gasteiger partial charge in [-0.3, -0.25) is 9.89 Å². The molecule has 0 saturated carbocycles. The van der Waals surface area contributed by atoms with Crippen molar-refractivity contribution in [3.8, 4) is 5.75 Å². The highest BCUT2D eigenvalue weighted by molar-refractivity contribution is 6.06. The van der Waals surface area contributed by atoms with Crippen LogP contribution < -0.4 is 15.0 Å². The number of rotatable bonds is 5. The van der Waals surface area contributed by atoms with E-state index in [1.165, 1.54) is 6.07 Å². The van der Waals surface area contributed by atoms with Crippen molar-refractivity contribution in [2.24, 2.45) is 0 Å². The van der Waals surface area contributed by atoms with Crippen molar-refractivity contribution < 1.29 is 23.0 Å². The summed E-state index contributed by atoms with van der Waals surface area (Å²) in [6, 6.07) is 4.40. The Balaban J connectivity index is 1.49. The zero-order chi connectivity index (χ0) is 23.2. The van der Waals surface area contributed by atoms with Gasteiger partial charge in [0, 0.05) is 25.1 Å². The van der Waals surface area contributed by atoms with Crippen LogP contribution in [0.25, 0.3) is 10.9 Å². The number of hydrogen-bond acceptors (Lipinski definition) is 6. The Morgan fingerprint density at radius 3 is 2.88 bits per heavy atom. The van der Waals surface area contributed by atoms with E-state index in [1.807, 2.05) is 4.90 Å². The topological polar surface area (TPSA) is 92.4 Å². The number of carbonyl (C=O) groups excluding carboxylic acids is 1. The molecule has 10 heteroatoms. The predicted octanol–water partition coefficient (Wildman–Crippen LogP) is 3.33. The molecule has 33 heavy (non-hydrogen) atoms. The molecule has 2 aliphatic rings. The molecule has 0 spiro atoms. The van der Waals surface area contributed by atoms with Crippen molar-refractivity contribution in [3.63, 3.8) is 0 Å². The number of H-pyrrole nitrogens is 1. The van der Waals surface area contributed by atoms with Gasteiger partial charge in [0.2, 0.25) is 0 Å². The van der Waals surface area contributed by atoms with Crippen LogP contribution in [-0.2, 0) is 17.1 Å². The minimum Gasteiger partial charge on any atom is -0.492 e. The molecule has 8 nitrogen and oxygen atoms in total. The van der Waals surface area contributed by atoms with Gasteiger partial charge in [0.1, 0.15) is 5.52 Å². The average Bonchev–Trinajstić information content (AvgIpc) is 3.43. The van der Waals surface area contributed by atoms with Gasteiger partial charge in [-0.25, -0.2) is 13.8 Å². The fraction of sp³-hybridized carbons (Fsp3) is 0.435. The number of hydrogen-bond donors (Lipinski definition) is 2. The number of nitrogens with one attached hydrogen (secondary N) is 2. The molecule has 1 saturated heterocycles. The lowest BCUT2D eigenvalue weighted by Crippen LogP contribution is -2.37. The molecule has 1 amide bonds. The third-order valence-electron chi connectivity index (χ3n) is 6.38. The molecule has 0 bridgehead atoms. The normalized spacial score (nSPS) is 18.2. The van der Waals surface area contributed by atoms with Crippen LogP contribution in [0.1, 0.15) is 46.6 Å². The van der Waals surface area contributed by atoms with E-state index in [0.717, 1.165) is 0 Å². The summed E-state index contributed by atoms with van der Waals surface area (Å²) in [7, 11) is 1.56. The summed E-state index contributed by atoms with van der Waals surface area (Å²) < 4.78 is 39.5. The number of methoxy groups -OCH3 is 1. The molecular formula is C23H25F2N5O3. The van der Waals surface area contributed by atoms with Gasteiger partial charge in [-0.05, 0) is 24.5 Å². The second-order valence-electron chi connectivity index (χ2n) is 8.35. The summed E-state index contributed by atoms with van der Waals surface area (Å²) >= 11 is 0. The highest BCUT2D eigenvalue weighted by Gasteiger charge is 2.40. The molecule has 1 atom stereocenters. The number of nitrogens with zero attached hydrogens (tertiary/aromatic N) is 3. The lowest BCUT2D eigenvalue weighted by Gasteiger charge is -2.29. The Bertz CT molecular complexity index is 1210. The van der Waals surface area contributed by atoms with Gasteiger partial charge >= 0.3 is 0 Å². The first kappa shape index (κ1) is 21.6. The van der Waals surface area contributed by atoms with Crippen molar-refractivity contribution in [2.75, 3.05) is 38.3 Å². The van der Waals surface area contributed by atoms with Crippen molar-refractivity contribution in [1.29, 1.82) is 0 Å². The van der Waals surface area contributed by atoms with E-state index in [9.17, 15) is 13.6 Å². The Hall–Kier alpha value is -3.27. The molecule has 2 aromatic heterocycles. The number of carbonyl (C=O) groups is 1. The summed E-state index contributed by atoms with van der Waals surface area (Å²) in [6.07, 6.45) is 1.68. The lowest BCUT2D eigenvalue weighted by molar-refractivity contribution is -0.00185. The number of halogens is 2. The van der Waals surface area contributed by atoms with Crippen LogP contribution in [-0.4, -0.2) is 54.5 Å². The monoisotopic (exact) mass is 457 g/mol. The molecule has 0 unspecified atom stereocenters. The Morgan fingerprint density at radius 2 is 2.12 bits per heavy atom. The number of benzene rings is 1. The number of aromatic amines is 1. The summed E-state index contributed by atoms with van der Waals surface area (Å²) in [5, 5.41) is 10.5. The molecule has 1 aliphatic heterocycles. The smallest absolute Gasteiger partial charge is 0.273 e. The number of fused-ring (bicyclic) bond motifs is 2. The maximum absolute atomic E-state index is 14.2. The first-order chi connectivity index (χ1) is 15.9. The molecule has 3 aromatic rings. The van der Waals surface area contributed by atoms with E-state index in [0.29, 0.717) is 59.9 Å². The van der Waals surface area contributed by atoms with Crippen molar-refractivity contribution >= 4 is 22.6 Å². The highest BCUT2D eigenvalue weighted by Crippen LogP contribution is 2.44. The summed E-state index contributed by atoms with van der Waals surface area (Å²) in [6.45, 7) is 4.14. The number of alkyl halides is 2. The Kier molecular flexibility index (Phi) is 5.40. The first-order valence-corrected chi connectivity index (χ1v) is 11.0. The van der Waals surface area contributed by atoms with E-state index < -0.39 is 17.9 Å². The van der Waals surface area contributed by atoms with Gasteiger partial charge in [-0.1, -0.05) is 18.2 Å². The molecule has 1 aliphatic carbocycles. The maximum Gasteiger partial charge on any atom is 0.273 e. The minimum absolute atomic E-state index is 0.0502. The van der Waals surface area contributed by atoms with Gasteiger partial charge in [0.15, 0.2) is 17.3 Å². The van der Waals surface area contributed by atoms with Gasteiger partial charge in [-0.15, -0.1) is 0 Å². The van der Waals surface area contributed by atoms with Gasteiger partial charge < -0.3 is 19.7 Å². The number of anilines is 1. The number of aromatic nitrogens is 3. The molecule has 3 heterocycles. The zero-order valence-corrected chi connectivity index (χ0v) is 18.5.